The molecule has 0 bridgehead atoms. The molecule has 0 unspecified atom stereocenters. The maximum Gasteiger partial charge on any atom is 0.0644 e. The second kappa shape index (κ2) is 4.46. The molecule has 1 aromatic heterocycles. The first kappa shape index (κ1) is 5.71. The summed E-state index contributed by atoms with van der Waals surface area (Å²) >= 11 is 1.06. The van der Waals surface area contributed by atoms with E-state index < -0.39 is 0 Å². The Morgan fingerprint density at radius 1 is 0.850 bits per heavy atom. The molecule has 0 atom stereocenters. The van der Waals surface area contributed by atoms with Crippen molar-refractivity contribution in [1.82, 2.24) is 0 Å². The summed E-state index contributed by atoms with van der Waals surface area (Å²) in [7, 11) is 0. The largest absolute Gasteiger partial charge is 0.135 e. The zero-order valence-electron chi connectivity index (χ0n) is 19.6. The van der Waals surface area contributed by atoms with Gasteiger partial charge in [0.1, 0.15) is 0 Å². The SMILES string of the molecule is [2H]c1cc([2H])c(-c2c([2H])c([2H])c3c(sc4c([2H])c([2H])c([2H])c(C)c43)c2[2H])c([2H])c1. The smallest absolute Gasteiger partial charge is 0.0644 e. The van der Waals surface area contributed by atoms with Gasteiger partial charge in [0.15, 0.2) is 0 Å². The number of aryl methyl sites for hydroxylation is 1. The van der Waals surface area contributed by atoms with E-state index >= 15 is 0 Å². The van der Waals surface area contributed by atoms with E-state index in [2.05, 4.69) is 0 Å². The lowest BCUT2D eigenvalue weighted by molar-refractivity contribution is 1.55. The minimum absolute atomic E-state index is 0.0173. The van der Waals surface area contributed by atoms with E-state index in [1.54, 1.807) is 6.92 Å². The predicted molar refractivity (Wildman–Crippen MR) is 89.5 cm³/mol. The molecule has 1 heteroatoms. The Balaban J connectivity index is 2.25. The number of thiophene rings is 1. The summed E-state index contributed by atoms with van der Waals surface area (Å²) in [5, 5.41) is 0.728. The molecule has 0 radical (unpaired) electrons. The molecule has 0 aliphatic rings. The van der Waals surface area contributed by atoms with Crippen molar-refractivity contribution in [2.24, 2.45) is 0 Å². The van der Waals surface area contributed by atoms with Gasteiger partial charge in [-0.15, -0.1) is 11.3 Å². The summed E-state index contributed by atoms with van der Waals surface area (Å²) in [6, 6.07) is 0.994. The highest BCUT2D eigenvalue weighted by molar-refractivity contribution is 7.25. The van der Waals surface area contributed by atoms with E-state index in [0.717, 1.165) is 11.3 Å². The molecule has 0 spiro atoms. The van der Waals surface area contributed by atoms with Gasteiger partial charge in [-0.1, -0.05) is 54.4 Å². The maximum atomic E-state index is 8.68. The fourth-order valence-corrected chi connectivity index (χ4v) is 3.25. The average Bonchev–Trinajstić information content (AvgIpc) is 3.06. The number of rotatable bonds is 1. The molecule has 0 nitrogen and oxygen atoms in total. The van der Waals surface area contributed by atoms with Gasteiger partial charge >= 0.3 is 0 Å². The standard InChI is InChI=1S/C19H14S/c1-13-6-5-9-17-19(13)16-11-10-15(12-18(16)20-17)14-7-3-2-4-8-14/h2-12H,1H3/i2D,5D,6D,7D,8D,9D,10D,11D,12D. The van der Waals surface area contributed by atoms with Crippen molar-refractivity contribution in [3.63, 3.8) is 0 Å². The molecule has 4 aromatic rings. The van der Waals surface area contributed by atoms with E-state index in [9.17, 15) is 0 Å². The fraction of sp³-hybridized carbons (Fsp3) is 0.0526. The highest BCUT2D eigenvalue weighted by Gasteiger charge is 2.08. The molecule has 1 heterocycles. The van der Waals surface area contributed by atoms with Gasteiger partial charge in [-0.2, -0.15) is 0 Å². The Morgan fingerprint density at radius 3 is 2.55 bits per heavy atom. The van der Waals surface area contributed by atoms with E-state index in [-0.39, 0.29) is 65.5 Å². The molecule has 20 heavy (non-hydrogen) atoms. The van der Waals surface area contributed by atoms with Gasteiger partial charge in [0.25, 0.3) is 0 Å². The minimum atomic E-state index is -0.311. The van der Waals surface area contributed by atoms with Crippen molar-refractivity contribution in [1.29, 1.82) is 0 Å². The average molecular weight is 283 g/mol. The van der Waals surface area contributed by atoms with Crippen LogP contribution in [0.15, 0.2) is 66.5 Å². The summed E-state index contributed by atoms with van der Waals surface area (Å²) in [5.41, 5.74) is 0.424. The molecule has 0 amide bonds. The van der Waals surface area contributed by atoms with Crippen molar-refractivity contribution < 1.29 is 12.3 Å². The molecule has 0 aliphatic heterocycles. The monoisotopic (exact) mass is 283 g/mol. The minimum Gasteiger partial charge on any atom is -0.135 e. The van der Waals surface area contributed by atoms with Crippen LogP contribution in [0.3, 0.4) is 0 Å². The summed E-state index contributed by atoms with van der Waals surface area (Å²) in [4.78, 5) is 0. The van der Waals surface area contributed by atoms with Crippen LogP contribution in [0.2, 0.25) is 0 Å². The molecule has 0 N–H and O–H groups in total. The number of benzene rings is 3. The molecule has 4 rings (SSSR count). The number of hydrogen-bond donors (Lipinski definition) is 0. The topological polar surface area (TPSA) is 0 Å². The van der Waals surface area contributed by atoms with Gasteiger partial charge in [-0.25, -0.2) is 0 Å². The van der Waals surface area contributed by atoms with Gasteiger partial charge in [0, 0.05) is 20.2 Å². The highest BCUT2D eigenvalue weighted by atomic mass is 32.1. The van der Waals surface area contributed by atoms with Crippen LogP contribution >= 0.6 is 11.3 Å². The molecule has 0 saturated carbocycles. The third-order valence-corrected chi connectivity index (χ3v) is 4.13. The van der Waals surface area contributed by atoms with Crippen LogP contribution < -0.4 is 0 Å². The van der Waals surface area contributed by atoms with E-state index in [0.29, 0.717) is 25.7 Å². The Morgan fingerprint density at radius 2 is 1.70 bits per heavy atom. The van der Waals surface area contributed by atoms with Crippen molar-refractivity contribution in [3.05, 3.63) is 72.1 Å². The zero-order chi connectivity index (χ0) is 21.4. The Labute approximate surface area is 135 Å². The second-order valence-corrected chi connectivity index (χ2v) is 5.40. The lowest BCUT2D eigenvalue weighted by Gasteiger charge is -2.02. The molecule has 0 aliphatic carbocycles. The van der Waals surface area contributed by atoms with E-state index in [1.165, 1.54) is 12.1 Å². The molecule has 3 aromatic carbocycles. The van der Waals surface area contributed by atoms with Crippen molar-refractivity contribution in [3.8, 4) is 11.1 Å². The molecule has 96 valence electrons. The van der Waals surface area contributed by atoms with Crippen LogP contribution in [0.5, 0.6) is 0 Å². The van der Waals surface area contributed by atoms with Crippen LogP contribution in [0, 0.1) is 6.92 Å². The maximum absolute atomic E-state index is 8.68. The summed E-state index contributed by atoms with van der Waals surface area (Å²) in [6.07, 6.45) is 0. The van der Waals surface area contributed by atoms with Gasteiger partial charge in [-0.3, -0.25) is 0 Å². The van der Waals surface area contributed by atoms with Crippen LogP contribution in [0.1, 0.15) is 17.9 Å². The van der Waals surface area contributed by atoms with E-state index in [4.69, 9.17) is 12.3 Å². The van der Waals surface area contributed by atoms with Crippen LogP contribution in [0.4, 0.5) is 0 Å². The molecular formula is C19H14S. The first-order valence-corrected chi connectivity index (χ1v) is 6.88. The first-order chi connectivity index (χ1) is 13.6. The van der Waals surface area contributed by atoms with Gasteiger partial charge in [0.05, 0.1) is 12.3 Å². The summed E-state index contributed by atoms with van der Waals surface area (Å²) in [5.74, 6) is 0. The van der Waals surface area contributed by atoms with Crippen molar-refractivity contribution in [2.45, 2.75) is 6.92 Å². The summed E-state index contributed by atoms with van der Waals surface area (Å²) < 4.78 is 74.7. The molecule has 0 saturated heterocycles. The molecule has 0 fully saturated rings. The second-order valence-electron chi connectivity index (χ2n) is 4.38. The highest BCUT2D eigenvalue weighted by Crippen LogP contribution is 2.37. The summed E-state index contributed by atoms with van der Waals surface area (Å²) in [6.45, 7) is 1.63. The Kier molecular flexibility index (Phi) is 1.27. The Hall–Kier alpha value is -2.12. The fourth-order valence-electron chi connectivity index (χ4n) is 2.18. The Bertz CT molecular complexity index is 1330. The zero-order valence-corrected chi connectivity index (χ0v) is 11.4. The van der Waals surface area contributed by atoms with Gasteiger partial charge in [-0.05, 0) is 35.7 Å². The lowest BCUT2D eigenvalue weighted by atomic mass is 10.0. The van der Waals surface area contributed by atoms with E-state index in [1.807, 2.05) is 0 Å². The van der Waals surface area contributed by atoms with Gasteiger partial charge < -0.3 is 0 Å². The quantitative estimate of drug-likeness (QED) is 0.400. The normalized spacial score (nSPS) is 17.6. The van der Waals surface area contributed by atoms with Crippen LogP contribution in [-0.4, -0.2) is 0 Å². The van der Waals surface area contributed by atoms with Crippen molar-refractivity contribution in [2.75, 3.05) is 0 Å². The third-order valence-electron chi connectivity index (χ3n) is 3.11. The van der Waals surface area contributed by atoms with Crippen LogP contribution in [0.25, 0.3) is 31.3 Å². The molecular weight excluding hydrogens is 260 g/mol. The van der Waals surface area contributed by atoms with Crippen molar-refractivity contribution >= 4 is 31.5 Å². The number of hydrogen-bond acceptors (Lipinski definition) is 1. The number of fused-ring (bicyclic) bond motifs is 3. The first-order valence-electron chi connectivity index (χ1n) is 10.6. The lowest BCUT2D eigenvalue weighted by Crippen LogP contribution is -1.77. The van der Waals surface area contributed by atoms with Crippen LogP contribution in [-0.2, 0) is 0 Å². The predicted octanol–water partition coefficient (Wildman–Crippen LogP) is 6.03. The third kappa shape index (κ3) is 1.75. The van der Waals surface area contributed by atoms with Gasteiger partial charge in [0.2, 0.25) is 0 Å².